The average Bonchev–Trinajstić information content (AvgIpc) is 1.96. The Kier molecular flexibility index (Phi) is 2.03. The summed E-state index contributed by atoms with van der Waals surface area (Å²) in [5.74, 6) is -0.411. The number of halogens is 1. The van der Waals surface area contributed by atoms with Gasteiger partial charge in [-0.2, -0.15) is 0 Å². The summed E-state index contributed by atoms with van der Waals surface area (Å²) in [6.07, 6.45) is 0.537. The van der Waals surface area contributed by atoms with Crippen molar-refractivity contribution in [1.29, 1.82) is 0 Å². The van der Waals surface area contributed by atoms with Gasteiger partial charge in [0, 0.05) is 0 Å². The summed E-state index contributed by atoms with van der Waals surface area (Å²) in [4.78, 5) is 10.3. The van der Waals surface area contributed by atoms with Gasteiger partial charge in [0.15, 0.2) is 6.29 Å². The lowest BCUT2D eigenvalue weighted by molar-refractivity contribution is 0.111. The van der Waals surface area contributed by atoms with E-state index in [1.807, 2.05) is 6.92 Å². The lowest BCUT2D eigenvalue weighted by Crippen LogP contribution is -1.92. The molecule has 0 atom stereocenters. The molecule has 1 aromatic carbocycles. The van der Waals surface area contributed by atoms with E-state index in [1.54, 1.807) is 13.0 Å². The minimum atomic E-state index is -0.411. The van der Waals surface area contributed by atoms with Crippen LogP contribution in [0.15, 0.2) is 12.1 Å². The number of rotatable bonds is 1. The third-order valence-corrected chi connectivity index (χ3v) is 1.55. The molecule has 0 amide bonds. The fraction of sp³-hybridized carbons (Fsp3) is 0.222. The number of benzene rings is 1. The van der Waals surface area contributed by atoms with Crippen LogP contribution in [-0.2, 0) is 0 Å². The normalized spacial score (nSPS) is 9.73. The van der Waals surface area contributed by atoms with Gasteiger partial charge in [-0.15, -0.1) is 0 Å². The molecule has 0 bridgehead atoms. The summed E-state index contributed by atoms with van der Waals surface area (Å²) in [5, 5.41) is 0. The maximum absolute atomic E-state index is 13.0. The molecular weight excluding hydrogens is 143 g/mol. The predicted molar refractivity (Wildman–Crippen MR) is 41.3 cm³/mol. The van der Waals surface area contributed by atoms with Crippen LogP contribution in [-0.4, -0.2) is 6.29 Å². The second-order valence-corrected chi connectivity index (χ2v) is 2.60. The Morgan fingerprint density at radius 1 is 1.36 bits per heavy atom. The molecule has 0 saturated heterocycles. The van der Waals surface area contributed by atoms with Crippen molar-refractivity contribution in [3.05, 3.63) is 34.6 Å². The lowest BCUT2D eigenvalue weighted by atomic mass is 10.1. The summed E-state index contributed by atoms with van der Waals surface area (Å²) in [7, 11) is 0. The number of hydrogen-bond acceptors (Lipinski definition) is 1. The molecule has 0 aliphatic rings. The van der Waals surface area contributed by atoms with Gasteiger partial charge in [-0.1, -0.05) is 6.07 Å². The van der Waals surface area contributed by atoms with Crippen molar-refractivity contribution in [2.45, 2.75) is 13.8 Å². The van der Waals surface area contributed by atoms with E-state index < -0.39 is 5.82 Å². The number of carbonyl (C=O) groups excluding carboxylic acids is 1. The molecule has 0 unspecified atom stereocenters. The molecule has 58 valence electrons. The van der Waals surface area contributed by atoms with Gasteiger partial charge in [0.25, 0.3) is 0 Å². The van der Waals surface area contributed by atoms with E-state index in [1.165, 1.54) is 6.07 Å². The van der Waals surface area contributed by atoms with E-state index in [0.717, 1.165) is 5.56 Å². The maximum Gasteiger partial charge on any atom is 0.153 e. The second kappa shape index (κ2) is 2.82. The summed E-state index contributed by atoms with van der Waals surface area (Å²) in [6, 6.07) is 3.25. The molecule has 1 nitrogen and oxygen atoms in total. The van der Waals surface area contributed by atoms with Crippen LogP contribution in [0.4, 0.5) is 4.39 Å². The van der Waals surface area contributed by atoms with Crippen molar-refractivity contribution in [3.8, 4) is 0 Å². The summed E-state index contributed by atoms with van der Waals surface area (Å²) >= 11 is 0. The minimum Gasteiger partial charge on any atom is -0.298 e. The van der Waals surface area contributed by atoms with Crippen molar-refractivity contribution < 1.29 is 9.18 Å². The molecular formula is C9H9FO. The van der Waals surface area contributed by atoms with Crippen LogP contribution in [0.5, 0.6) is 0 Å². The van der Waals surface area contributed by atoms with Crippen molar-refractivity contribution in [2.24, 2.45) is 0 Å². The van der Waals surface area contributed by atoms with Crippen LogP contribution < -0.4 is 0 Å². The first-order valence-electron chi connectivity index (χ1n) is 3.37. The van der Waals surface area contributed by atoms with Crippen molar-refractivity contribution >= 4 is 6.29 Å². The smallest absolute Gasteiger partial charge is 0.153 e. The first kappa shape index (κ1) is 7.92. The van der Waals surface area contributed by atoms with Crippen LogP contribution in [0.25, 0.3) is 0 Å². The van der Waals surface area contributed by atoms with Gasteiger partial charge >= 0.3 is 0 Å². The Morgan fingerprint density at radius 2 is 2.00 bits per heavy atom. The largest absolute Gasteiger partial charge is 0.298 e. The predicted octanol–water partition coefficient (Wildman–Crippen LogP) is 2.26. The molecule has 11 heavy (non-hydrogen) atoms. The zero-order valence-corrected chi connectivity index (χ0v) is 6.52. The topological polar surface area (TPSA) is 17.1 Å². The molecule has 0 aliphatic carbocycles. The highest BCUT2D eigenvalue weighted by molar-refractivity contribution is 5.76. The first-order valence-corrected chi connectivity index (χ1v) is 3.37. The molecule has 0 heterocycles. The number of carbonyl (C=O) groups is 1. The fourth-order valence-corrected chi connectivity index (χ4v) is 1.07. The molecule has 0 N–H and O–H groups in total. The monoisotopic (exact) mass is 152 g/mol. The minimum absolute atomic E-state index is 0.141. The third kappa shape index (κ3) is 1.45. The summed E-state index contributed by atoms with van der Waals surface area (Å²) in [6.45, 7) is 3.48. The molecule has 0 saturated carbocycles. The SMILES string of the molecule is Cc1cc(C)c(F)c(C=O)c1. The van der Waals surface area contributed by atoms with Crippen LogP contribution >= 0.6 is 0 Å². The highest BCUT2D eigenvalue weighted by atomic mass is 19.1. The third-order valence-electron chi connectivity index (χ3n) is 1.55. The van der Waals surface area contributed by atoms with E-state index in [2.05, 4.69) is 0 Å². The highest BCUT2D eigenvalue weighted by Gasteiger charge is 2.03. The van der Waals surface area contributed by atoms with Gasteiger partial charge in [0.1, 0.15) is 5.82 Å². The van der Waals surface area contributed by atoms with Crippen molar-refractivity contribution in [3.63, 3.8) is 0 Å². The Labute approximate surface area is 64.9 Å². The highest BCUT2D eigenvalue weighted by Crippen LogP contribution is 2.12. The molecule has 0 spiro atoms. The number of aryl methyl sites for hydroxylation is 2. The Hall–Kier alpha value is -1.18. The zero-order chi connectivity index (χ0) is 8.43. The molecule has 0 fully saturated rings. The molecule has 1 rings (SSSR count). The van der Waals surface area contributed by atoms with Crippen LogP contribution in [0.1, 0.15) is 21.5 Å². The van der Waals surface area contributed by atoms with Gasteiger partial charge in [-0.25, -0.2) is 4.39 Å². The molecule has 1 aromatic rings. The maximum atomic E-state index is 13.0. The van der Waals surface area contributed by atoms with Gasteiger partial charge in [0.2, 0.25) is 0 Å². The van der Waals surface area contributed by atoms with E-state index >= 15 is 0 Å². The van der Waals surface area contributed by atoms with Crippen molar-refractivity contribution in [1.82, 2.24) is 0 Å². The second-order valence-electron chi connectivity index (χ2n) is 2.60. The zero-order valence-electron chi connectivity index (χ0n) is 6.52. The van der Waals surface area contributed by atoms with E-state index in [9.17, 15) is 9.18 Å². The van der Waals surface area contributed by atoms with Gasteiger partial charge in [0.05, 0.1) is 5.56 Å². The standard InChI is InChI=1S/C9H9FO/c1-6-3-7(2)9(10)8(4-6)5-11/h3-5H,1-2H3. The summed E-state index contributed by atoms with van der Waals surface area (Å²) < 4.78 is 13.0. The van der Waals surface area contributed by atoms with Crippen LogP contribution in [0.2, 0.25) is 0 Å². The molecule has 0 aromatic heterocycles. The molecule has 0 radical (unpaired) electrons. The lowest BCUT2D eigenvalue weighted by Gasteiger charge is -2.00. The Balaban J connectivity index is 3.35. The number of aldehydes is 1. The summed E-state index contributed by atoms with van der Waals surface area (Å²) in [5.41, 5.74) is 1.57. The number of hydrogen-bond donors (Lipinski definition) is 0. The van der Waals surface area contributed by atoms with E-state index in [-0.39, 0.29) is 5.56 Å². The van der Waals surface area contributed by atoms with Crippen molar-refractivity contribution in [2.75, 3.05) is 0 Å². The molecule has 0 aliphatic heterocycles. The Bertz CT molecular complexity index is 292. The van der Waals surface area contributed by atoms with Gasteiger partial charge < -0.3 is 0 Å². The fourth-order valence-electron chi connectivity index (χ4n) is 1.07. The van der Waals surface area contributed by atoms with Gasteiger partial charge in [-0.3, -0.25) is 4.79 Å². The Morgan fingerprint density at radius 3 is 2.55 bits per heavy atom. The first-order chi connectivity index (χ1) is 5.15. The molecule has 2 heteroatoms. The van der Waals surface area contributed by atoms with E-state index in [0.29, 0.717) is 11.8 Å². The van der Waals surface area contributed by atoms with Crippen LogP contribution in [0.3, 0.4) is 0 Å². The van der Waals surface area contributed by atoms with E-state index in [4.69, 9.17) is 0 Å². The average molecular weight is 152 g/mol. The van der Waals surface area contributed by atoms with Crippen LogP contribution in [0, 0.1) is 19.7 Å². The quantitative estimate of drug-likeness (QED) is 0.564. The van der Waals surface area contributed by atoms with Gasteiger partial charge in [-0.05, 0) is 31.0 Å².